The fourth-order valence-electron chi connectivity index (χ4n) is 3.13. The molecule has 0 heterocycles. The highest BCUT2D eigenvalue weighted by atomic mass is 19.1. The van der Waals surface area contributed by atoms with Crippen molar-refractivity contribution in [1.29, 1.82) is 0 Å². The van der Waals surface area contributed by atoms with E-state index in [-0.39, 0.29) is 5.82 Å². The first-order valence-electron chi connectivity index (χ1n) is 7.21. The Morgan fingerprint density at radius 2 is 2.05 bits per heavy atom. The van der Waals surface area contributed by atoms with Gasteiger partial charge in [0.1, 0.15) is 11.6 Å². The molecule has 0 saturated heterocycles. The van der Waals surface area contributed by atoms with E-state index >= 15 is 0 Å². The van der Waals surface area contributed by atoms with Gasteiger partial charge in [-0.05, 0) is 53.8 Å². The molecule has 0 saturated carbocycles. The number of ether oxygens (including phenoxy) is 1. The lowest BCUT2D eigenvalue weighted by Gasteiger charge is -2.34. The number of hydrogen-bond donors (Lipinski definition) is 1. The molecular weight excluding hydrogens is 267 g/mol. The zero-order valence-electron chi connectivity index (χ0n) is 12.1. The predicted octanol–water partition coefficient (Wildman–Crippen LogP) is 3.30. The number of aryl methyl sites for hydroxylation is 1. The third kappa shape index (κ3) is 3.08. The summed E-state index contributed by atoms with van der Waals surface area (Å²) < 4.78 is 18.5. The predicted molar refractivity (Wildman–Crippen MR) is 80.1 cm³/mol. The Bertz CT molecular complexity index is 653. The van der Waals surface area contributed by atoms with Gasteiger partial charge in [-0.25, -0.2) is 4.39 Å². The fourth-order valence-corrected chi connectivity index (χ4v) is 3.13. The molecule has 110 valence electrons. The maximum atomic E-state index is 13.3. The topological polar surface area (TPSA) is 29.5 Å². The molecule has 1 atom stereocenters. The van der Waals surface area contributed by atoms with E-state index in [0.717, 1.165) is 23.3 Å². The van der Waals surface area contributed by atoms with Crippen LogP contribution in [-0.2, 0) is 19.3 Å². The van der Waals surface area contributed by atoms with Gasteiger partial charge in [0.25, 0.3) is 0 Å². The maximum absolute atomic E-state index is 13.3. The van der Waals surface area contributed by atoms with E-state index in [9.17, 15) is 9.50 Å². The summed E-state index contributed by atoms with van der Waals surface area (Å²) >= 11 is 0. The van der Waals surface area contributed by atoms with Gasteiger partial charge in [0.05, 0.1) is 12.7 Å². The minimum absolute atomic E-state index is 0.256. The molecule has 0 spiro atoms. The molecule has 0 fully saturated rings. The Hall–Kier alpha value is -1.87. The molecule has 21 heavy (non-hydrogen) atoms. The van der Waals surface area contributed by atoms with Crippen molar-refractivity contribution in [2.45, 2.75) is 31.3 Å². The number of hydrogen-bond acceptors (Lipinski definition) is 2. The molecule has 0 aliphatic heterocycles. The molecule has 2 nitrogen and oxygen atoms in total. The Balaban J connectivity index is 1.83. The third-order valence-electron chi connectivity index (χ3n) is 4.21. The van der Waals surface area contributed by atoms with Gasteiger partial charge in [-0.3, -0.25) is 0 Å². The molecule has 1 aliphatic rings. The van der Waals surface area contributed by atoms with Gasteiger partial charge in [-0.1, -0.05) is 18.2 Å². The average Bonchev–Trinajstić information content (AvgIpc) is 2.46. The molecule has 1 aliphatic carbocycles. The molecule has 0 bridgehead atoms. The lowest BCUT2D eigenvalue weighted by Crippen LogP contribution is -2.38. The smallest absolute Gasteiger partial charge is 0.123 e. The molecule has 1 unspecified atom stereocenters. The van der Waals surface area contributed by atoms with E-state index in [1.807, 2.05) is 18.2 Å². The second-order valence-electron chi connectivity index (χ2n) is 5.84. The van der Waals surface area contributed by atoms with Gasteiger partial charge >= 0.3 is 0 Å². The second-order valence-corrected chi connectivity index (χ2v) is 5.84. The Morgan fingerprint density at radius 1 is 1.19 bits per heavy atom. The van der Waals surface area contributed by atoms with Crippen LogP contribution in [0.5, 0.6) is 5.75 Å². The minimum atomic E-state index is -0.812. The average molecular weight is 286 g/mol. The van der Waals surface area contributed by atoms with E-state index in [2.05, 4.69) is 6.07 Å². The van der Waals surface area contributed by atoms with Crippen molar-refractivity contribution in [3.63, 3.8) is 0 Å². The van der Waals surface area contributed by atoms with Crippen LogP contribution in [0.4, 0.5) is 4.39 Å². The van der Waals surface area contributed by atoms with Gasteiger partial charge < -0.3 is 9.84 Å². The van der Waals surface area contributed by atoms with E-state index < -0.39 is 5.60 Å². The summed E-state index contributed by atoms with van der Waals surface area (Å²) in [6, 6.07) is 12.5. The summed E-state index contributed by atoms with van der Waals surface area (Å²) in [5.41, 5.74) is 2.41. The summed E-state index contributed by atoms with van der Waals surface area (Å²) in [6.07, 6.45) is 2.59. The molecule has 2 aromatic rings. The van der Waals surface area contributed by atoms with Gasteiger partial charge in [0.15, 0.2) is 0 Å². The maximum Gasteiger partial charge on any atom is 0.123 e. The Labute approximate surface area is 124 Å². The number of fused-ring (bicyclic) bond motifs is 1. The van der Waals surface area contributed by atoms with Crippen molar-refractivity contribution in [2.75, 3.05) is 7.11 Å². The van der Waals surface area contributed by atoms with Crippen LogP contribution >= 0.6 is 0 Å². The first-order chi connectivity index (χ1) is 10.1. The van der Waals surface area contributed by atoms with Crippen molar-refractivity contribution >= 4 is 0 Å². The molecule has 1 N–H and O–H groups in total. The number of aliphatic hydroxyl groups is 1. The fraction of sp³-hybridized carbons (Fsp3) is 0.333. The van der Waals surface area contributed by atoms with Gasteiger partial charge in [0, 0.05) is 12.8 Å². The zero-order chi connectivity index (χ0) is 14.9. The second kappa shape index (κ2) is 5.49. The monoisotopic (exact) mass is 286 g/mol. The van der Waals surface area contributed by atoms with E-state index in [4.69, 9.17) is 4.74 Å². The molecule has 0 amide bonds. The minimum Gasteiger partial charge on any atom is -0.497 e. The first kappa shape index (κ1) is 14.1. The quantitative estimate of drug-likeness (QED) is 0.938. The first-order valence-corrected chi connectivity index (χ1v) is 7.21. The van der Waals surface area contributed by atoms with Crippen LogP contribution in [0.2, 0.25) is 0 Å². The number of halogens is 1. The molecule has 3 rings (SSSR count). The lowest BCUT2D eigenvalue weighted by molar-refractivity contribution is 0.0266. The van der Waals surface area contributed by atoms with Crippen LogP contribution in [0.3, 0.4) is 0 Å². The highest BCUT2D eigenvalue weighted by Crippen LogP contribution is 2.33. The van der Waals surface area contributed by atoms with Crippen molar-refractivity contribution in [3.05, 3.63) is 65.0 Å². The summed E-state index contributed by atoms with van der Waals surface area (Å²) in [6.45, 7) is 0. The summed E-state index contributed by atoms with van der Waals surface area (Å²) in [7, 11) is 1.64. The third-order valence-corrected chi connectivity index (χ3v) is 4.21. The number of methoxy groups -OCH3 is 1. The normalized spacial score (nSPS) is 20.9. The standard InChI is InChI=1S/C18H19FO2/c1-21-17-6-5-14-7-8-18(20,12-15(14)10-17)11-13-3-2-4-16(19)9-13/h2-6,9-10,20H,7-8,11-12H2,1H3. The Kier molecular flexibility index (Phi) is 3.68. The summed E-state index contributed by atoms with van der Waals surface area (Å²) in [5, 5.41) is 10.9. The highest BCUT2D eigenvalue weighted by Gasteiger charge is 2.32. The van der Waals surface area contributed by atoms with Crippen LogP contribution in [0.1, 0.15) is 23.1 Å². The van der Waals surface area contributed by atoms with Crippen LogP contribution < -0.4 is 4.74 Å². The van der Waals surface area contributed by atoms with E-state index in [1.54, 1.807) is 13.2 Å². The van der Waals surface area contributed by atoms with Gasteiger partial charge in [-0.2, -0.15) is 0 Å². The highest BCUT2D eigenvalue weighted by molar-refractivity contribution is 5.39. The Morgan fingerprint density at radius 3 is 2.81 bits per heavy atom. The summed E-state index contributed by atoms with van der Waals surface area (Å²) in [4.78, 5) is 0. The van der Waals surface area contributed by atoms with Crippen LogP contribution in [-0.4, -0.2) is 17.8 Å². The number of rotatable bonds is 3. The van der Waals surface area contributed by atoms with E-state index in [0.29, 0.717) is 19.3 Å². The zero-order valence-corrected chi connectivity index (χ0v) is 12.1. The van der Waals surface area contributed by atoms with Crippen molar-refractivity contribution in [1.82, 2.24) is 0 Å². The lowest BCUT2D eigenvalue weighted by atomic mass is 9.77. The van der Waals surface area contributed by atoms with Gasteiger partial charge in [-0.15, -0.1) is 0 Å². The molecule has 2 aromatic carbocycles. The van der Waals surface area contributed by atoms with Crippen LogP contribution in [0.25, 0.3) is 0 Å². The van der Waals surface area contributed by atoms with Gasteiger partial charge in [0.2, 0.25) is 0 Å². The molecular formula is C18H19FO2. The SMILES string of the molecule is COc1ccc2c(c1)CC(O)(Cc1cccc(F)c1)CC2. The van der Waals surface area contributed by atoms with Crippen LogP contribution in [0, 0.1) is 5.82 Å². The van der Waals surface area contributed by atoms with Crippen LogP contribution in [0.15, 0.2) is 42.5 Å². The van der Waals surface area contributed by atoms with Crippen molar-refractivity contribution in [3.8, 4) is 5.75 Å². The largest absolute Gasteiger partial charge is 0.497 e. The van der Waals surface area contributed by atoms with E-state index in [1.165, 1.54) is 17.7 Å². The molecule has 3 heteroatoms. The summed E-state index contributed by atoms with van der Waals surface area (Å²) in [5.74, 6) is 0.553. The molecule has 0 radical (unpaired) electrons. The number of benzene rings is 2. The van der Waals surface area contributed by atoms with Crippen molar-refractivity contribution in [2.24, 2.45) is 0 Å². The van der Waals surface area contributed by atoms with Crippen molar-refractivity contribution < 1.29 is 14.2 Å². The molecule has 0 aromatic heterocycles.